The zero-order chi connectivity index (χ0) is 22.6. The van der Waals surface area contributed by atoms with E-state index in [-0.39, 0.29) is 11.8 Å². The molecule has 0 saturated heterocycles. The van der Waals surface area contributed by atoms with E-state index in [2.05, 4.69) is 5.32 Å². The third-order valence-corrected chi connectivity index (χ3v) is 5.05. The molecule has 0 heterocycles. The smallest absolute Gasteiger partial charge is 0.242 e. The van der Waals surface area contributed by atoms with E-state index in [0.29, 0.717) is 32.5 Å². The summed E-state index contributed by atoms with van der Waals surface area (Å²) in [6.45, 7) is 7.20. The fourth-order valence-electron chi connectivity index (χ4n) is 3.10. The van der Waals surface area contributed by atoms with E-state index < -0.39 is 6.04 Å². The van der Waals surface area contributed by atoms with Crippen molar-refractivity contribution in [2.75, 3.05) is 20.3 Å². The van der Waals surface area contributed by atoms with E-state index in [0.717, 1.165) is 23.5 Å². The third kappa shape index (κ3) is 7.96. The molecular formula is C25H34N2O4. The molecule has 2 rings (SSSR count). The van der Waals surface area contributed by atoms with Crippen molar-refractivity contribution in [3.63, 3.8) is 0 Å². The number of aryl methyl sites for hydroxylation is 1. The Bertz CT molecular complexity index is 818. The molecule has 0 aliphatic rings. The van der Waals surface area contributed by atoms with Crippen LogP contribution in [0.25, 0.3) is 0 Å². The Morgan fingerprint density at radius 1 is 1.03 bits per heavy atom. The molecule has 0 saturated carbocycles. The molecule has 2 aromatic carbocycles. The molecule has 0 aliphatic heterocycles. The lowest BCUT2D eigenvalue weighted by Crippen LogP contribution is -2.47. The van der Waals surface area contributed by atoms with Crippen LogP contribution in [0.4, 0.5) is 0 Å². The Balaban J connectivity index is 1.98. The molecule has 168 valence electrons. The quantitative estimate of drug-likeness (QED) is 0.519. The summed E-state index contributed by atoms with van der Waals surface area (Å²) in [5.74, 6) is 1.34. The third-order valence-electron chi connectivity index (χ3n) is 5.05. The number of nitrogens with one attached hydrogen (secondary N) is 1. The number of amides is 2. The molecule has 0 bridgehead atoms. The standard InChI is InChI=1S/C25H34N2O4/c1-5-16-26-25(29)20(3)27(18-21-10-14-22(30-4)15-11-21)24(28)7-6-17-31-23-12-8-19(2)9-13-23/h8-15,20H,5-7,16-18H2,1-4H3,(H,26,29)/t20-/m0/s1. The molecule has 6 heteroatoms. The number of hydrogen-bond donors (Lipinski definition) is 1. The summed E-state index contributed by atoms with van der Waals surface area (Å²) in [7, 11) is 1.61. The highest BCUT2D eigenvalue weighted by Crippen LogP contribution is 2.16. The SMILES string of the molecule is CCCNC(=O)[C@H](C)N(Cc1ccc(OC)cc1)C(=O)CCCOc1ccc(C)cc1. The largest absolute Gasteiger partial charge is 0.497 e. The van der Waals surface area contributed by atoms with Crippen LogP contribution in [0.1, 0.15) is 44.2 Å². The molecule has 0 radical (unpaired) electrons. The maximum atomic E-state index is 13.0. The van der Waals surface area contributed by atoms with Gasteiger partial charge in [-0.25, -0.2) is 0 Å². The Kier molecular flexibility index (Phi) is 9.88. The average molecular weight is 427 g/mol. The summed E-state index contributed by atoms with van der Waals surface area (Å²) in [5, 5.41) is 2.89. The maximum absolute atomic E-state index is 13.0. The van der Waals surface area contributed by atoms with Crippen molar-refractivity contribution in [2.24, 2.45) is 0 Å². The van der Waals surface area contributed by atoms with Gasteiger partial charge in [0.05, 0.1) is 13.7 Å². The highest BCUT2D eigenvalue weighted by Gasteiger charge is 2.25. The minimum absolute atomic E-state index is 0.0672. The van der Waals surface area contributed by atoms with Crippen LogP contribution < -0.4 is 14.8 Å². The summed E-state index contributed by atoms with van der Waals surface area (Å²) in [4.78, 5) is 27.2. The lowest BCUT2D eigenvalue weighted by molar-refractivity contribution is -0.140. The lowest BCUT2D eigenvalue weighted by Gasteiger charge is -2.29. The molecule has 0 aliphatic carbocycles. The van der Waals surface area contributed by atoms with Gasteiger partial charge >= 0.3 is 0 Å². The topological polar surface area (TPSA) is 67.9 Å². The predicted octanol–water partition coefficient (Wildman–Crippen LogP) is 4.11. The molecule has 0 unspecified atom stereocenters. The number of nitrogens with zero attached hydrogens (tertiary/aromatic N) is 1. The normalized spacial score (nSPS) is 11.5. The summed E-state index contributed by atoms with van der Waals surface area (Å²) in [5.41, 5.74) is 2.12. The van der Waals surface area contributed by atoms with Gasteiger partial charge in [0.25, 0.3) is 0 Å². The molecular weight excluding hydrogens is 392 g/mol. The van der Waals surface area contributed by atoms with E-state index in [1.165, 1.54) is 5.56 Å². The first-order chi connectivity index (χ1) is 14.9. The number of carbonyl (C=O) groups excluding carboxylic acids is 2. The molecule has 6 nitrogen and oxygen atoms in total. The van der Waals surface area contributed by atoms with Gasteiger partial charge in [0, 0.05) is 19.5 Å². The molecule has 31 heavy (non-hydrogen) atoms. The number of methoxy groups -OCH3 is 1. The number of hydrogen-bond acceptors (Lipinski definition) is 4. The molecule has 1 atom stereocenters. The molecule has 0 spiro atoms. The second kappa shape index (κ2) is 12.6. The van der Waals surface area contributed by atoms with Crippen LogP contribution in [0.2, 0.25) is 0 Å². The van der Waals surface area contributed by atoms with Gasteiger partial charge in [-0.05, 0) is 56.5 Å². The van der Waals surface area contributed by atoms with Crippen LogP contribution in [-0.4, -0.2) is 43.0 Å². The van der Waals surface area contributed by atoms with Crippen molar-refractivity contribution in [1.29, 1.82) is 0 Å². The fourth-order valence-corrected chi connectivity index (χ4v) is 3.10. The zero-order valence-electron chi connectivity index (χ0n) is 19.0. The molecule has 0 fully saturated rings. The van der Waals surface area contributed by atoms with E-state index in [1.807, 2.05) is 62.4 Å². The van der Waals surface area contributed by atoms with Gasteiger partial charge < -0.3 is 19.7 Å². The van der Waals surface area contributed by atoms with Gasteiger partial charge in [-0.1, -0.05) is 36.8 Å². The summed E-state index contributed by atoms with van der Waals surface area (Å²) >= 11 is 0. The van der Waals surface area contributed by atoms with Crippen molar-refractivity contribution < 1.29 is 19.1 Å². The number of benzene rings is 2. The van der Waals surface area contributed by atoms with Crippen LogP contribution in [-0.2, 0) is 16.1 Å². The second-order valence-corrected chi connectivity index (χ2v) is 7.60. The predicted molar refractivity (Wildman–Crippen MR) is 122 cm³/mol. The Labute approximate surface area is 185 Å². The monoisotopic (exact) mass is 426 g/mol. The fraction of sp³-hybridized carbons (Fsp3) is 0.440. The van der Waals surface area contributed by atoms with Crippen molar-refractivity contribution in [3.8, 4) is 11.5 Å². The molecule has 1 N–H and O–H groups in total. The minimum Gasteiger partial charge on any atom is -0.497 e. The highest BCUT2D eigenvalue weighted by molar-refractivity contribution is 5.87. The first-order valence-corrected chi connectivity index (χ1v) is 10.8. The van der Waals surface area contributed by atoms with E-state index in [9.17, 15) is 9.59 Å². The van der Waals surface area contributed by atoms with Crippen molar-refractivity contribution >= 4 is 11.8 Å². The van der Waals surface area contributed by atoms with Gasteiger partial charge in [0.15, 0.2) is 0 Å². The first-order valence-electron chi connectivity index (χ1n) is 10.8. The van der Waals surface area contributed by atoms with E-state index in [1.54, 1.807) is 18.9 Å². The zero-order valence-corrected chi connectivity index (χ0v) is 19.0. The van der Waals surface area contributed by atoms with Crippen molar-refractivity contribution in [3.05, 3.63) is 59.7 Å². The Hall–Kier alpha value is -3.02. The molecule has 2 aromatic rings. The summed E-state index contributed by atoms with van der Waals surface area (Å²) < 4.78 is 10.9. The first kappa shape index (κ1) is 24.3. The van der Waals surface area contributed by atoms with Gasteiger partial charge in [0.2, 0.25) is 11.8 Å². The number of carbonyl (C=O) groups is 2. The van der Waals surface area contributed by atoms with Gasteiger partial charge in [0.1, 0.15) is 17.5 Å². The highest BCUT2D eigenvalue weighted by atomic mass is 16.5. The Morgan fingerprint density at radius 3 is 2.29 bits per heavy atom. The second-order valence-electron chi connectivity index (χ2n) is 7.60. The average Bonchev–Trinajstić information content (AvgIpc) is 2.79. The van der Waals surface area contributed by atoms with Crippen LogP contribution in [0.5, 0.6) is 11.5 Å². The molecule has 0 aromatic heterocycles. The van der Waals surface area contributed by atoms with Gasteiger partial charge in [-0.15, -0.1) is 0 Å². The van der Waals surface area contributed by atoms with E-state index >= 15 is 0 Å². The van der Waals surface area contributed by atoms with Crippen molar-refractivity contribution in [2.45, 2.75) is 52.6 Å². The van der Waals surface area contributed by atoms with Gasteiger partial charge in [-0.3, -0.25) is 9.59 Å². The van der Waals surface area contributed by atoms with Crippen molar-refractivity contribution in [1.82, 2.24) is 10.2 Å². The summed E-state index contributed by atoms with van der Waals surface area (Å²) in [6.07, 6.45) is 1.74. The van der Waals surface area contributed by atoms with Gasteiger partial charge in [-0.2, -0.15) is 0 Å². The number of rotatable bonds is 12. The van der Waals surface area contributed by atoms with Crippen LogP contribution >= 0.6 is 0 Å². The van der Waals surface area contributed by atoms with Crippen LogP contribution in [0.15, 0.2) is 48.5 Å². The maximum Gasteiger partial charge on any atom is 0.242 e. The van der Waals surface area contributed by atoms with Crippen LogP contribution in [0, 0.1) is 6.92 Å². The summed E-state index contributed by atoms with van der Waals surface area (Å²) in [6, 6.07) is 14.8. The Morgan fingerprint density at radius 2 is 1.68 bits per heavy atom. The van der Waals surface area contributed by atoms with E-state index in [4.69, 9.17) is 9.47 Å². The molecule has 2 amide bonds. The lowest BCUT2D eigenvalue weighted by atomic mass is 10.1. The minimum atomic E-state index is -0.556. The number of ether oxygens (including phenoxy) is 2. The van der Waals surface area contributed by atoms with Crippen LogP contribution in [0.3, 0.4) is 0 Å².